The number of hydrogen-bond donors (Lipinski definition) is 3. The van der Waals surface area contributed by atoms with Crippen LogP contribution in [-0.2, 0) is 14.3 Å². The lowest BCUT2D eigenvalue weighted by molar-refractivity contribution is -0.135. The van der Waals surface area contributed by atoms with Gasteiger partial charge in [0.15, 0.2) is 0 Å². The highest BCUT2D eigenvalue weighted by molar-refractivity contribution is 5.85. The lowest BCUT2D eigenvalue weighted by atomic mass is 10.0. The summed E-state index contributed by atoms with van der Waals surface area (Å²) in [6.07, 6.45) is 11.2. The lowest BCUT2D eigenvalue weighted by Gasteiger charge is -2.30. The van der Waals surface area contributed by atoms with Crippen LogP contribution in [0, 0.1) is 5.92 Å². The Labute approximate surface area is 305 Å². The number of aromatic amines is 2. The van der Waals surface area contributed by atoms with E-state index in [1.807, 2.05) is 41.2 Å². The summed E-state index contributed by atoms with van der Waals surface area (Å²) < 4.78 is 5.32. The minimum Gasteiger partial charge on any atom is -0.381 e. The Morgan fingerprint density at radius 1 is 0.788 bits per heavy atom. The number of ether oxygens (including phenoxy) is 1. The van der Waals surface area contributed by atoms with Gasteiger partial charge in [0.2, 0.25) is 11.8 Å². The third-order valence-corrected chi connectivity index (χ3v) is 10.4. The van der Waals surface area contributed by atoms with Crippen molar-refractivity contribution in [3.05, 3.63) is 97.1 Å². The van der Waals surface area contributed by atoms with E-state index in [1.54, 1.807) is 19.5 Å². The number of nitrogens with one attached hydrogen (secondary N) is 3. The second kappa shape index (κ2) is 15.5. The predicted molar refractivity (Wildman–Crippen MR) is 202 cm³/mol. The molecule has 0 aliphatic carbocycles. The summed E-state index contributed by atoms with van der Waals surface area (Å²) in [7, 11) is 1.64. The first kappa shape index (κ1) is 35.1. The molecule has 2 fully saturated rings. The molecule has 0 spiro atoms. The fourth-order valence-electron chi connectivity index (χ4n) is 7.42. The van der Waals surface area contributed by atoms with Gasteiger partial charge in [-0.25, -0.2) is 9.97 Å². The molecule has 270 valence electrons. The Bertz CT molecular complexity index is 1950. The van der Waals surface area contributed by atoms with Crippen LogP contribution in [0.15, 0.2) is 85.5 Å². The molecule has 5 aromatic rings. The van der Waals surface area contributed by atoms with Gasteiger partial charge < -0.3 is 29.8 Å². The van der Waals surface area contributed by atoms with Crippen molar-refractivity contribution in [1.82, 2.24) is 34.7 Å². The molecule has 2 aliphatic rings. The summed E-state index contributed by atoms with van der Waals surface area (Å²) in [6.45, 7) is 7.51. The first-order chi connectivity index (χ1) is 25.3. The SMILES string of the molecule is CO[C@H](C)CC(=O)N1CCC[C@H]1c1ncc(-c2ccc(-c3ccc(-c4cnc([C@@H]5CCCN5C(=O)[C@@H](Nc5cccnc5)C(C)C)[nH]4)cc3)cc2)[nH]1. The first-order valence-corrected chi connectivity index (χ1v) is 18.4. The highest BCUT2D eigenvalue weighted by Crippen LogP contribution is 2.35. The molecule has 11 nitrogen and oxygen atoms in total. The van der Waals surface area contributed by atoms with Gasteiger partial charge in [-0.2, -0.15) is 0 Å². The molecule has 3 N–H and O–H groups in total. The monoisotopic (exact) mass is 700 g/mol. The zero-order valence-electron chi connectivity index (χ0n) is 30.4. The van der Waals surface area contributed by atoms with E-state index in [4.69, 9.17) is 9.72 Å². The van der Waals surface area contributed by atoms with Crippen LogP contribution in [0.5, 0.6) is 0 Å². The van der Waals surface area contributed by atoms with Crippen LogP contribution >= 0.6 is 0 Å². The van der Waals surface area contributed by atoms with E-state index in [2.05, 4.69) is 87.6 Å². The molecule has 0 unspecified atom stereocenters. The number of pyridine rings is 1. The molecular formula is C41H48N8O3. The highest BCUT2D eigenvalue weighted by atomic mass is 16.5. The van der Waals surface area contributed by atoms with Gasteiger partial charge in [-0.05, 0) is 72.9 Å². The highest BCUT2D eigenvalue weighted by Gasteiger charge is 2.37. The summed E-state index contributed by atoms with van der Waals surface area (Å²) in [4.78, 5) is 51.3. The zero-order chi connectivity index (χ0) is 36.2. The quantitative estimate of drug-likeness (QED) is 0.123. The van der Waals surface area contributed by atoms with Crippen LogP contribution in [-0.4, -0.2) is 78.9 Å². The minimum atomic E-state index is -0.354. The average molecular weight is 701 g/mol. The van der Waals surface area contributed by atoms with Crippen molar-refractivity contribution in [2.45, 2.75) is 77.1 Å². The average Bonchev–Trinajstić information content (AvgIpc) is 4.00. The van der Waals surface area contributed by atoms with Gasteiger partial charge in [-0.1, -0.05) is 62.4 Å². The summed E-state index contributed by atoms with van der Waals surface area (Å²) >= 11 is 0. The number of nitrogens with zero attached hydrogens (tertiary/aromatic N) is 5. The number of rotatable bonds is 12. The van der Waals surface area contributed by atoms with Crippen LogP contribution in [0.1, 0.15) is 76.6 Å². The molecule has 52 heavy (non-hydrogen) atoms. The number of hydrogen-bond acceptors (Lipinski definition) is 7. The number of imidazole rings is 2. The summed E-state index contributed by atoms with van der Waals surface area (Å²) in [6, 6.07) is 20.2. The van der Waals surface area contributed by atoms with E-state index in [9.17, 15) is 9.59 Å². The second-order valence-electron chi connectivity index (χ2n) is 14.3. The largest absolute Gasteiger partial charge is 0.381 e. The number of benzene rings is 2. The summed E-state index contributed by atoms with van der Waals surface area (Å²) in [5, 5.41) is 3.41. The normalized spacial score (nSPS) is 18.6. The van der Waals surface area contributed by atoms with E-state index in [0.29, 0.717) is 13.0 Å². The Balaban J connectivity index is 0.998. The van der Waals surface area contributed by atoms with Gasteiger partial charge in [0.25, 0.3) is 0 Å². The van der Waals surface area contributed by atoms with Crippen LogP contribution in [0.3, 0.4) is 0 Å². The van der Waals surface area contributed by atoms with Crippen LogP contribution in [0.25, 0.3) is 33.6 Å². The molecule has 2 aliphatic heterocycles. The topological polar surface area (TPSA) is 132 Å². The Morgan fingerprint density at radius 2 is 1.33 bits per heavy atom. The zero-order valence-corrected chi connectivity index (χ0v) is 30.4. The van der Waals surface area contributed by atoms with Crippen molar-refractivity contribution in [3.63, 3.8) is 0 Å². The molecule has 0 saturated carbocycles. The number of carbonyl (C=O) groups is 2. The smallest absolute Gasteiger partial charge is 0.245 e. The number of carbonyl (C=O) groups excluding carboxylic acids is 2. The van der Waals surface area contributed by atoms with Crippen LogP contribution in [0.4, 0.5) is 5.69 Å². The van der Waals surface area contributed by atoms with Crippen molar-refractivity contribution >= 4 is 17.5 Å². The van der Waals surface area contributed by atoms with Crippen LogP contribution < -0.4 is 5.32 Å². The predicted octanol–water partition coefficient (Wildman–Crippen LogP) is 7.42. The van der Waals surface area contributed by atoms with Crippen molar-refractivity contribution in [1.29, 1.82) is 0 Å². The maximum Gasteiger partial charge on any atom is 0.245 e. The third-order valence-electron chi connectivity index (χ3n) is 10.4. The van der Waals surface area contributed by atoms with Crippen molar-refractivity contribution in [2.75, 3.05) is 25.5 Å². The van der Waals surface area contributed by atoms with E-state index in [-0.39, 0.29) is 42.0 Å². The first-order valence-electron chi connectivity index (χ1n) is 18.4. The van der Waals surface area contributed by atoms with E-state index >= 15 is 0 Å². The van der Waals surface area contributed by atoms with E-state index in [0.717, 1.165) is 83.2 Å². The number of likely N-dealkylation sites (tertiary alicyclic amines) is 2. The molecule has 11 heteroatoms. The third kappa shape index (κ3) is 7.50. The van der Waals surface area contributed by atoms with Gasteiger partial charge in [-0.3, -0.25) is 14.6 Å². The fraction of sp³-hybridized carbons (Fsp3) is 0.390. The van der Waals surface area contributed by atoms with Gasteiger partial charge in [0, 0.05) is 32.6 Å². The van der Waals surface area contributed by atoms with Gasteiger partial charge in [0.1, 0.15) is 17.7 Å². The molecular weight excluding hydrogens is 653 g/mol. The van der Waals surface area contributed by atoms with Crippen molar-refractivity contribution in [2.24, 2.45) is 5.92 Å². The summed E-state index contributed by atoms with van der Waals surface area (Å²) in [5.74, 6) is 1.95. The summed E-state index contributed by atoms with van der Waals surface area (Å²) in [5.41, 5.74) is 7.00. The lowest BCUT2D eigenvalue weighted by Crippen LogP contribution is -2.45. The van der Waals surface area contributed by atoms with E-state index in [1.165, 1.54) is 0 Å². The Kier molecular flexibility index (Phi) is 10.5. The molecule has 2 amide bonds. The van der Waals surface area contributed by atoms with Gasteiger partial charge >= 0.3 is 0 Å². The Morgan fingerprint density at radius 3 is 1.85 bits per heavy atom. The minimum absolute atomic E-state index is 0.0361. The molecule has 7 rings (SSSR count). The van der Waals surface area contributed by atoms with Gasteiger partial charge in [-0.15, -0.1) is 0 Å². The molecule has 2 aromatic carbocycles. The van der Waals surface area contributed by atoms with Gasteiger partial charge in [0.05, 0.1) is 54.1 Å². The maximum absolute atomic E-state index is 13.8. The molecule has 0 bridgehead atoms. The second-order valence-corrected chi connectivity index (χ2v) is 14.3. The molecule has 2 saturated heterocycles. The van der Waals surface area contributed by atoms with Crippen LogP contribution in [0.2, 0.25) is 0 Å². The van der Waals surface area contributed by atoms with E-state index < -0.39 is 0 Å². The molecule has 3 aromatic heterocycles. The molecule has 5 heterocycles. The number of aromatic nitrogens is 5. The molecule has 4 atom stereocenters. The maximum atomic E-state index is 13.8. The number of anilines is 1. The van der Waals surface area contributed by atoms with Crippen molar-refractivity contribution < 1.29 is 14.3 Å². The number of amides is 2. The molecule has 0 radical (unpaired) electrons. The number of H-pyrrole nitrogens is 2. The van der Waals surface area contributed by atoms with Crippen molar-refractivity contribution in [3.8, 4) is 33.6 Å². The Hall–Kier alpha value is -5.29. The number of methoxy groups -OCH3 is 1. The standard InChI is InChI=1S/C41H48N8O3/c1-26(2)38(45-32-8-5-19-42-23-32)41(51)49-21-7-10-36(49)40-44-25-34(47-40)31-17-13-29(14-18-31)28-11-15-30(16-12-28)33-24-43-39(46-33)35-9-6-20-48(35)37(50)22-27(3)52-4/h5,8,11-19,23-27,35-36,38,45H,6-7,9-10,20-22H2,1-4H3,(H,43,46)(H,44,47)/t27-,35+,36+,38+/m1/s1. The fourth-order valence-corrected chi connectivity index (χ4v) is 7.42.